The Bertz CT molecular complexity index is 180. The van der Waals surface area contributed by atoms with Crippen molar-refractivity contribution in [2.24, 2.45) is 5.73 Å². The summed E-state index contributed by atoms with van der Waals surface area (Å²) in [6.45, 7) is 2.85. The van der Waals surface area contributed by atoms with Gasteiger partial charge in [-0.3, -0.25) is 0 Å². The minimum Gasteiger partial charge on any atom is -0.496 e. The first kappa shape index (κ1) is 10.5. The monoisotopic (exact) mass is 185 g/mol. The lowest BCUT2D eigenvalue weighted by molar-refractivity contribution is 0.106. The summed E-state index contributed by atoms with van der Waals surface area (Å²) < 4.78 is 10.5. The van der Waals surface area contributed by atoms with Crippen molar-refractivity contribution in [1.82, 2.24) is 0 Å². The summed E-state index contributed by atoms with van der Waals surface area (Å²) in [6, 6.07) is 0.0556. The molecule has 0 bridgehead atoms. The van der Waals surface area contributed by atoms with Gasteiger partial charge in [0.05, 0.1) is 18.8 Å². The Kier molecular flexibility index (Phi) is 4.25. The van der Waals surface area contributed by atoms with Gasteiger partial charge in [0, 0.05) is 13.5 Å². The van der Waals surface area contributed by atoms with E-state index in [1.165, 1.54) is 0 Å². The first-order chi connectivity index (χ1) is 6.24. The molecule has 2 atom stereocenters. The zero-order valence-electron chi connectivity index (χ0n) is 8.45. The lowest BCUT2D eigenvalue weighted by Crippen LogP contribution is -2.24. The molecule has 1 rings (SSSR count). The Morgan fingerprint density at radius 3 is 2.92 bits per heavy atom. The van der Waals surface area contributed by atoms with Gasteiger partial charge in [0.25, 0.3) is 0 Å². The van der Waals surface area contributed by atoms with Crippen molar-refractivity contribution in [3.63, 3.8) is 0 Å². The normalized spacial score (nSPS) is 20.7. The summed E-state index contributed by atoms with van der Waals surface area (Å²) in [6.07, 6.45) is 5.29. The van der Waals surface area contributed by atoms with E-state index in [1.54, 1.807) is 7.11 Å². The quantitative estimate of drug-likeness (QED) is 0.704. The van der Waals surface area contributed by atoms with Crippen molar-refractivity contribution in [1.29, 1.82) is 0 Å². The summed E-state index contributed by atoms with van der Waals surface area (Å²) in [5.41, 5.74) is 5.93. The zero-order chi connectivity index (χ0) is 9.68. The van der Waals surface area contributed by atoms with Gasteiger partial charge in [0.15, 0.2) is 0 Å². The third-order valence-electron chi connectivity index (χ3n) is 2.38. The van der Waals surface area contributed by atoms with Crippen LogP contribution in [-0.2, 0) is 9.47 Å². The van der Waals surface area contributed by atoms with Crippen LogP contribution in [0, 0.1) is 0 Å². The minimum atomic E-state index is 0.0556. The number of ether oxygens (including phenoxy) is 2. The molecule has 0 aliphatic carbocycles. The summed E-state index contributed by atoms with van der Waals surface area (Å²) in [5, 5.41) is 0. The van der Waals surface area contributed by atoms with Gasteiger partial charge in [-0.15, -0.1) is 0 Å². The van der Waals surface area contributed by atoms with Crippen LogP contribution < -0.4 is 5.73 Å². The Labute approximate surface area is 79.9 Å². The fraction of sp³-hybridized carbons (Fsp3) is 0.800. The van der Waals surface area contributed by atoms with Crippen molar-refractivity contribution in [2.45, 2.75) is 38.3 Å². The fourth-order valence-electron chi connectivity index (χ4n) is 1.37. The Hall–Kier alpha value is -0.540. The maximum atomic E-state index is 5.93. The highest BCUT2D eigenvalue weighted by Gasteiger charge is 2.15. The third-order valence-corrected chi connectivity index (χ3v) is 2.38. The molecule has 0 saturated carbocycles. The molecule has 0 fully saturated rings. The first-order valence-corrected chi connectivity index (χ1v) is 4.85. The molecular weight excluding hydrogens is 166 g/mol. The van der Waals surface area contributed by atoms with Crippen LogP contribution in [0.4, 0.5) is 0 Å². The number of methoxy groups -OCH3 is 1. The lowest BCUT2D eigenvalue weighted by Gasteiger charge is -2.15. The van der Waals surface area contributed by atoms with Crippen molar-refractivity contribution in [2.75, 3.05) is 13.7 Å². The summed E-state index contributed by atoms with van der Waals surface area (Å²) in [5.74, 6) is 0.961. The van der Waals surface area contributed by atoms with E-state index in [0.29, 0.717) is 0 Å². The van der Waals surface area contributed by atoms with Crippen molar-refractivity contribution in [3.8, 4) is 0 Å². The van der Waals surface area contributed by atoms with E-state index >= 15 is 0 Å². The van der Waals surface area contributed by atoms with Crippen molar-refractivity contribution >= 4 is 0 Å². The van der Waals surface area contributed by atoms with E-state index < -0.39 is 0 Å². The molecule has 1 heterocycles. The molecule has 0 aromatic heterocycles. The highest BCUT2D eigenvalue weighted by Crippen LogP contribution is 2.16. The molecule has 3 nitrogen and oxygen atoms in total. The van der Waals surface area contributed by atoms with E-state index in [-0.39, 0.29) is 12.1 Å². The SMILES string of the molecule is COC(C)CCC(N)C1=CCCO1. The highest BCUT2D eigenvalue weighted by molar-refractivity contribution is 5.05. The number of rotatable bonds is 5. The van der Waals surface area contributed by atoms with Crippen molar-refractivity contribution < 1.29 is 9.47 Å². The molecular formula is C10H19NO2. The molecule has 0 aromatic carbocycles. The van der Waals surface area contributed by atoms with Crippen LogP contribution in [0.5, 0.6) is 0 Å². The van der Waals surface area contributed by atoms with E-state index in [4.69, 9.17) is 15.2 Å². The maximum Gasteiger partial charge on any atom is 0.109 e. The average molecular weight is 185 g/mol. The standard InChI is InChI=1S/C10H19NO2/c1-8(12-2)5-6-9(11)10-4-3-7-13-10/h4,8-9H,3,5-7,11H2,1-2H3. The summed E-state index contributed by atoms with van der Waals surface area (Å²) in [4.78, 5) is 0. The second kappa shape index (κ2) is 5.25. The minimum absolute atomic E-state index is 0.0556. The zero-order valence-corrected chi connectivity index (χ0v) is 8.45. The Morgan fingerprint density at radius 1 is 1.62 bits per heavy atom. The van der Waals surface area contributed by atoms with E-state index in [2.05, 4.69) is 13.0 Å². The highest BCUT2D eigenvalue weighted by atomic mass is 16.5. The third kappa shape index (κ3) is 3.36. The molecule has 0 amide bonds. The molecule has 1 aliphatic rings. The molecule has 0 saturated heterocycles. The molecule has 0 radical (unpaired) electrons. The smallest absolute Gasteiger partial charge is 0.109 e. The second-order valence-electron chi connectivity index (χ2n) is 3.47. The topological polar surface area (TPSA) is 44.5 Å². The molecule has 2 N–H and O–H groups in total. The van der Waals surface area contributed by atoms with Crippen LogP contribution in [0.15, 0.2) is 11.8 Å². The van der Waals surface area contributed by atoms with E-state index in [0.717, 1.165) is 31.6 Å². The van der Waals surface area contributed by atoms with Gasteiger partial charge in [-0.05, 0) is 25.8 Å². The summed E-state index contributed by atoms with van der Waals surface area (Å²) in [7, 11) is 1.72. The predicted molar refractivity (Wildman–Crippen MR) is 52.3 cm³/mol. The summed E-state index contributed by atoms with van der Waals surface area (Å²) >= 11 is 0. The van der Waals surface area contributed by atoms with Gasteiger partial charge in [-0.25, -0.2) is 0 Å². The Morgan fingerprint density at radius 2 is 2.38 bits per heavy atom. The van der Waals surface area contributed by atoms with Crippen LogP contribution >= 0.6 is 0 Å². The molecule has 13 heavy (non-hydrogen) atoms. The number of hydrogen-bond donors (Lipinski definition) is 1. The molecule has 3 heteroatoms. The number of nitrogens with two attached hydrogens (primary N) is 1. The largest absolute Gasteiger partial charge is 0.496 e. The van der Waals surface area contributed by atoms with Gasteiger partial charge in [-0.1, -0.05) is 0 Å². The molecule has 76 valence electrons. The molecule has 0 spiro atoms. The van der Waals surface area contributed by atoms with Crippen LogP contribution in [0.1, 0.15) is 26.2 Å². The Balaban J connectivity index is 2.20. The molecule has 0 aromatic rings. The first-order valence-electron chi connectivity index (χ1n) is 4.85. The van der Waals surface area contributed by atoms with Gasteiger partial charge < -0.3 is 15.2 Å². The van der Waals surface area contributed by atoms with Crippen LogP contribution in [0.25, 0.3) is 0 Å². The predicted octanol–water partition coefficient (Wildman–Crippen LogP) is 1.43. The molecule has 2 unspecified atom stereocenters. The van der Waals surface area contributed by atoms with E-state index in [1.807, 2.05) is 0 Å². The molecule has 1 aliphatic heterocycles. The van der Waals surface area contributed by atoms with E-state index in [9.17, 15) is 0 Å². The van der Waals surface area contributed by atoms with Gasteiger partial charge in [0.1, 0.15) is 5.76 Å². The number of hydrogen-bond acceptors (Lipinski definition) is 3. The van der Waals surface area contributed by atoms with Gasteiger partial charge in [0.2, 0.25) is 0 Å². The van der Waals surface area contributed by atoms with Gasteiger partial charge in [-0.2, -0.15) is 0 Å². The average Bonchev–Trinajstić information content (AvgIpc) is 2.66. The van der Waals surface area contributed by atoms with Crippen LogP contribution in [0.2, 0.25) is 0 Å². The van der Waals surface area contributed by atoms with Crippen LogP contribution in [0.3, 0.4) is 0 Å². The van der Waals surface area contributed by atoms with Gasteiger partial charge >= 0.3 is 0 Å². The van der Waals surface area contributed by atoms with Crippen molar-refractivity contribution in [3.05, 3.63) is 11.8 Å². The lowest BCUT2D eigenvalue weighted by atomic mass is 10.1. The fourth-order valence-corrected chi connectivity index (χ4v) is 1.37. The van der Waals surface area contributed by atoms with Crippen LogP contribution in [-0.4, -0.2) is 25.9 Å². The second-order valence-corrected chi connectivity index (χ2v) is 3.47. The maximum absolute atomic E-state index is 5.93.